The van der Waals surface area contributed by atoms with Gasteiger partial charge in [0.05, 0.1) is 6.04 Å². The molecule has 0 radical (unpaired) electrons. The minimum absolute atomic E-state index is 0.0386. The highest BCUT2D eigenvalue weighted by atomic mass is 16.2. The molecule has 0 spiro atoms. The highest BCUT2D eigenvalue weighted by Gasteiger charge is 2.51. The molecule has 0 aromatic rings. The number of nitrogens with one attached hydrogen (secondary N) is 2. The van der Waals surface area contributed by atoms with Gasteiger partial charge in [-0.2, -0.15) is 0 Å². The molecule has 2 atom stereocenters. The summed E-state index contributed by atoms with van der Waals surface area (Å²) >= 11 is 0. The molecule has 4 fully saturated rings. The van der Waals surface area contributed by atoms with Gasteiger partial charge in [0.15, 0.2) is 0 Å². The second kappa shape index (κ2) is 6.94. The first kappa shape index (κ1) is 18.2. The van der Waals surface area contributed by atoms with E-state index >= 15 is 0 Å². The summed E-state index contributed by atoms with van der Waals surface area (Å²) in [5, 5.41) is 5.78. The van der Waals surface area contributed by atoms with Gasteiger partial charge in [-0.15, -0.1) is 0 Å². The average Bonchev–Trinajstić information content (AvgIpc) is 2.48. The summed E-state index contributed by atoms with van der Waals surface area (Å²) < 4.78 is 0. The van der Waals surface area contributed by atoms with E-state index in [1.807, 2.05) is 0 Å². The van der Waals surface area contributed by atoms with E-state index in [1.54, 1.807) is 0 Å². The van der Waals surface area contributed by atoms with Gasteiger partial charge in [-0.05, 0) is 69.6 Å². The summed E-state index contributed by atoms with van der Waals surface area (Å²) in [4.78, 5) is 35.6. The number of hydrogen-bond acceptors (Lipinski definition) is 4. The number of rotatable bonds is 7. The third-order valence-corrected chi connectivity index (χ3v) is 6.18. The Kier molecular flexibility index (Phi) is 5.04. The number of amides is 3. The van der Waals surface area contributed by atoms with E-state index in [-0.39, 0.29) is 24.3 Å². The quantitative estimate of drug-likeness (QED) is 0.522. The summed E-state index contributed by atoms with van der Waals surface area (Å²) in [6.07, 6.45) is 7.61. The summed E-state index contributed by atoms with van der Waals surface area (Å²) in [5.41, 5.74) is 10.8. The first-order chi connectivity index (χ1) is 11.8. The molecule has 7 nitrogen and oxygen atoms in total. The second-order valence-electron chi connectivity index (χ2n) is 8.54. The molecule has 0 aromatic carbocycles. The van der Waals surface area contributed by atoms with E-state index in [9.17, 15) is 14.4 Å². The van der Waals surface area contributed by atoms with Crippen LogP contribution in [-0.4, -0.2) is 35.3 Å². The van der Waals surface area contributed by atoms with Crippen molar-refractivity contribution in [3.05, 3.63) is 0 Å². The van der Waals surface area contributed by atoms with Crippen LogP contribution in [0.25, 0.3) is 0 Å². The zero-order valence-corrected chi connectivity index (χ0v) is 14.9. The van der Waals surface area contributed by atoms with Gasteiger partial charge in [-0.3, -0.25) is 14.4 Å². The van der Waals surface area contributed by atoms with E-state index < -0.39 is 23.9 Å². The van der Waals surface area contributed by atoms with Crippen molar-refractivity contribution in [1.29, 1.82) is 0 Å². The van der Waals surface area contributed by atoms with E-state index in [2.05, 4.69) is 10.6 Å². The monoisotopic (exact) mass is 350 g/mol. The van der Waals surface area contributed by atoms with Gasteiger partial charge in [0.1, 0.15) is 6.04 Å². The van der Waals surface area contributed by atoms with Crippen molar-refractivity contribution < 1.29 is 14.4 Å². The number of nitrogens with two attached hydrogens (primary N) is 2. The van der Waals surface area contributed by atoms with Crippen molar-refractivity contribution in [1.82, 2.24) is 10.6 Å². The summed E-state index contributed by atoms with van der Waals surface area (Å²) in [7, 11) is 0. The van der Waals surface area contributed by atoms with Gasteiger partial charge < -0.3 is 22.1 Å². The van der Waals surface area contributed by atoms with Gasteiger partial charge in [-0.1, -0.05) is 0 Å². The van der Waals surface area contributed by atoms with Gasteiger partial charge >= 0.3 is 0 Å². The van der Waals surface area contributed by atoms with Crippen LogP contribution in [0.5, 0.6) is 0 Å². The standard InChI is InChI=1S/C18H30N4O3/c1-10(19)17(25)21-14(16(20)24)2-3-15(23)22-18-7-11-4-12(8-18)6-13(5-11)9-18/h10-14H,2-9,19H2,1H3,(H2,20,24)(H,21,25)(H,22,23)/t10-,11?,12?,13?,14-,18?/m0/s1. The molecular formula is C18H30N4O3. The lowest BCUT2D eigenvalue weighted by Gasteiger charge is -2.57. The molecule has 4 saturated carbocycles. The van der Waals surface area contributed by atoms with Crippen molar-refractivity contribution in [2.45, 2.75) is 75.9 Å². The smallest absolute Gasteiger partial charge is 0.240 e. The first-order valence-electron chi connectivity index (χ1n) is 9.42. The Morgan fingerprint density at radius 3 is 2.04 bits per heavy atom. The predicted molar refractivity (Wildman–Crippen MR) is 93.1 cm³/mol. The van der Waals surface area contributed by atoms with Crippen LogP contribution in [0, 0.1) is 17.8 Å². The van der Waals surface area contributed by atoms with Crippen LogP contribution >= 0.6 is 0 Å². The molecule has 6 N–H and O–H groups in total. The molecule has 0 aromatic heterocycles. The Balaban J connectivity index is 1.52. The Morgan fingerprint density at radius 1 is 1.08 bits per heavy atom. The fourth-order valence-corrected chi connectivity index (χ4v) is 5.49. The zero-order valence-electron chi connectivity index (χ0n) is 14.9. The van der Waals surface area contributed by atoms with Gasteiger partial charge in [0.25, 0.3) is 0 Å². The van der Waals surface area contributed by atoms with Crippen LogP contribution in [-0.2, 0) is 14.4 Å². The summed E-state index contributed by atoms with van der Waals surface area (Å²) in [6, 6.07) is -1.58. The third kappa shape index (κ3) is 4.14. The minimum Gasteiger partial charge on any atom is -0.368 e. The maximum atomic E-state index is 12.5. The molecule has 4 aliphatic rings. The van der Waals surface area contributed by atoms with Crippen molar-refractivity contribution >= 4 is 17.7 Å². The van der Waals surface area contributed by atoms with Crippen LogP contribution < -0.4 is 22.1 Å². The first-order valence-corrected chi connectivity index (χ1v) is 9.42. The highest BCUT2D eigenvalue weighted by molar-refractivity contribution is 5.89. The Hall–Kier alpha value is -1.63. The molecule has 140 valence electrons. The lowest BCUT2D eigenvalue weighted by Crippen LogP contribution is -2.60. The Labute approximate surface area is 148 Å². The Morgan fingerprint density at radius 2 is 1.60 bits per heavy atom. The number of hydrogen-bond donors (Lipinski definition) is 4. The van der Waals surface area contributed by atoms with Crippen molar-refractivity contribution in [3.8, 4) is 0 Å². The van der Waals surface area contributed by atoms with Gasteiger partial charge in [0.2, 0.25) is 17.7 Å². The minimum atomic E-state index is -0.861. The van der Waals surface area contributed by atoms with Gasteiger partial charge in [0, 0.05) is 12.0 Å². The molecule has 3 amide bonds. The number of primary amides is 1. The molecule has 0 heterocycles. The average molecular weight is 350 g/mol. The molecular weight excluding hydrogens is 320 g/mol. The van der Waals surface area contributed by atoms with E-state index in [1.165, 1.54) is 26.2 Å². The lowest BCUT2D eigenvalue weighted by molar-refractivity contribution is -0.130. The fourth-order valence-electron chi connectivity index (χ4n) is 5.49. The van der Waals surface area contributed by atoms with Crippen molar-refractivity contribution in [2.75, 3.05) is 0 Å². The molecule has 4 rings (SSSR count). The van der Waals surface area contributed by atoms with Crippen LogP contribution in [0.2, 0.25) is 0 Å². The molecule has 25 heavy (non-hydrogen) atoms. The molecule has 7 heteroatoms. The largest absolute Gasteiger partial charge is 0.368 e. The van der Waals surface area contributed by atoms with Gasteiger partial charge in [-0.25, -0.2) is 0 Å². The molecule has 0 saturated heterocycles. The van der Waals surface area contributed by atoms with E-state index in [0.717, 1.165) is 37.0 Å². The lowest BCUT2D eigenvalue weighted by atomic mass is 9.53. The Bertz CT molecular complexity index is 525. The number of carbonyl (C=O) groups is 3. The zero-order chi connectivity index (χ0) is 18.2. The maximum Gasteiger partial charge on any atom is 0.240 e. The van der Waals surface area contributed by atoms with Crippen LogP contribution in [0.3, 0.4) is 0 Å². The third-order valence-electron chi connectivity index (χ3n) is 6.18. The fraction of sp³-hybridized carbons (Fsp3) is 0.833. The number of carbonyl (C=O) groups excluding carboxylic acids is 3. The SMILES string of the molecule is C[C@H](N)C(=O)N[C@@H](CCC(=O)NC12CC3CC(CC(C3)C1)C2)C(N)=O. The van der Waals surface area contributed by atoms with E-state index in [0.29, 0.717) is 0 Å². The predicted octanol–water partition coefficient (Wildman–Crippen LogP) is 0.169. The summed E-state index contributed by atoms with van der Waals surface area (Å²) in [6.45, 7) is 1.53. The second-order valence-corrected chi connectivity index (χ2v) is 8.54. The van der Waals surface area contributed by atoms with Crippen molar-refractivity contribution in [2.24, 2.45) is 29.2 Å². The molecule has 4 aliphatic carbocycles. The molecule has 0 aliphatic heterocycles. The highest BCUT2D eigenvalue weighted by Crippen LogP contribution is 2.55. The van der Waals surface area contributed by atoms with Crippen LogP contribution in [0.4, 0.5) is 0 Å². The van der Waals surface area contributed by atoms with E-state index in [4.69, 9.17) is 11.5 Å². The van der Waals surface area contributed by atoms with Crippen LogP contribution in [0.15, 0.2) is 0 Å². The summed E-state index contributed by atoms with van der Waals surface area (Å²) in [5.74, 6) is 1.14. The van der Waals surface area contributed by atoms with Crippen LogP contribution in [0.1, 0.15) is 58.3 Å². The topological polar surface area (TPSA) is 127 Å². The normalized spacial score (nSPS) is 35.0. The van der Waals surface area contributed by atoms with Crippen molar-refractivity contribution in [3.63, 3.8) is 0 Å². The molecule has 0 unspecified atom stereocenters. The maximum absolute atomic E-state index is 12.5. The molecule has 4 bridgehead atoms.